The van der Waals surface area contributed by atoms with Crippen molar-refractivity contribution in [1.29, 1.82) is 0 Å². The van der Waals surface area contributed by atoms with Crippen LogP contribution >= 0.6 is 0 Å². The molecule has 25 heavy (non-hydrogen) atoms. The first-order valence-corrected chi connectivity index (χ1v) is 7.76. The van der Waals surface area contributed by atoms with Gasteiger partial charge in [0.05, 0.1) is 5.56 Å². The zero-order valence-electron chi connectivity index (χ0n) is 13.2. The smallest absolute Gasteiger partial charge is 0.419 e. The first kappa shape index (κ1) is 17.0. The lowest BCUT2D eigenvalue weighted by atomic mass is 10.1. The van der Waals surface area contributed by atoms with Crippen molar-refractivity contribution in [3.05, 3.63) is 53.4 Å². The Hall–Kier alpha value is -2.82. The number of anilines is 1. The average molecular weight is 348 g/mol. The largest absolute Gasteiger partial charge is 0.490 e. The molecule has 1 aromatic carbocycles. The number of rotatable bonds is 3. The Morgan fingerprint density at radius 2 is 1.80 bits per heavy atom. The van der Waals surface area contributed by atoms with Crippen LogP contribution in [0, 0.1) is 6.57 Å². The summed E-state index contributed by atoms with van der Waals surface area (Å²) in [5.74, 6) is 0.752. The van der Waals surface area contributed by atoms with E-state index < -0.39 is 11.7 Å². The maximum Gasteiger partial charge on any atom is 0.419 e. The number of para-hydroxylation sites is 1. The SMILES string of the molecule is [C-]#[N+]c1ccc(N2CCC(Oc3ccccc3C(F)(F)F)CC2)nn1. The fraction of sp³-hybridized carbons (Fsp3) is 0.353. The standard InChI is InChI=1S/C17H15F3N4O/c1-21-15-6-7-16(23-22-15)24-10-8-12(9-11-24)25-14-5-3-2-4-13(14)17(18,19)20/h2-7,12H,8-11H2. The molecule has 0 saturated carbocycles. The van der Waals surface area contributed by atoms with E-state index in [4.69, 9.17) is 11.3 Å². The van der Waals surface area contributed by atoms with Crippen LogP contribution in [0.3, 0.4) is 0 Å². The fourth-order valence-corrected chi connectivity index (χ4v) is 2.73. The lowest BCUT2D eigenvalue weighted by Crippen LogP contribution is -2.39. The van der Waals surface area contributed by atoms with Crippen molar-refractivity contribution >= 4 is 11.6 Å². The van der Waals surface area contributed by atoms with E-state index in [0.29, 0.717) is 31.7 Å². The molecule has 1 fully saturated rings. The monoisotopic (exact) mass is 348 g/mol. The molecule has 1 aromatic heterocycles. The molecular weight excluding hydrogens is 333 g/mol. The number of alkyl halides is 3. The number of ether oxygens (including phenoxy) is 1. The molecule has 0 radical (unpaired) electrons. The zero-order chi connectivity index (χ0) is 17.9. The maximum absolute atomic E-state index is 13.0. The van der Waals surface area contributed by atoms with Crippen LogP contribution in [0.4, 0.5) is 24.8 Å². The zero-order valence-corrected chi connectivity index (χ0v) is 13.2. The second-order valence-corrected chi connectivity index (χ2v) is 5.66. The lowest BCUT2D eigenvalue weighted by Gasteiger charge is -2.32. The number of aromatic nitrogens is 2. The minimum atomic E-state index is -4.43. The Morgan fingerprint density at radius 1 is 1.08 bits per heavy atom. The van der Waals surface area contributed by atoms with Gasteiger partial charge in [0.1, 0.15) is 11.9 Å². The van der Waals surface area contributed by atoms with Crippen molar-refractivity contribution < 1.29 is 17.9 Å². The molecule has 8 heteroatoms. The Kier molecular flexibility index (Phi) is 4.74. The van der Waals surface area contributed by atoms with Gasteiger partial charge in [0.2, 0.25) is 0 Å². The molecule has 3 rings (SSSR count). The van der Waals surface area contributed by atoms with Crippen molar-refractivity contribution in [3.63, 3.8) is 0 Å². The number of benzene rings is 1. The van der Waals surface area contributed by atoms with Crippen molar-refractivity contribution in [2.75, 3.05) is 18.0 Å². The minimum Gasteiger partial charge on any atom is -0.490 e. The van der Waals surface area contributed by atoms with Gasteiger partial charge in [-0.15, -0.1) is 0 Å². The molecule has 1 aliphatic heterocycles. The molecule has 0 N–H and O–H groups in total. The van der Waals surface area contributed by atoms with E-state index in [0.717, 1.165) is 6.07 Å². The molecule has 0 aliphatic carbocycles. The second kappa shape index (κ2) is 6.97. The van der Waals surface area contributed by atoms with Crippen LogP contribution in [0.1, 0.15) is 18.4 Å². The van der Waals surface area contributed by atoms with Gasteiger partial charge in [-0.2, -0.15) is 13.2 Å². The Labute approximate surface area is 142 Å². The first-order valence-electron chi connectivity index (χ1n) is 7.76. The highest BCUT2D eigenvalue weighted by Gasteiger charge is 2.35. The molecule has 0 atom stereocenters. The van der Waals surface area contributed by atoms with Gasteiger partial charge < -0.3 is 14.5 Å². The highest BCUT2D eigenvalue weighted by Crippen LogP contribution is 2.37. The highest BCUT2D eigenvalue weighted by atomic mass is 19.4. The topological polar surface area (TPSA) is 42.6 Å². The first-order chi connectivity index (χ1) is 12.0. The van der Waals surface area contributed by atoms with Crippen molar-refractivity contribution in [3.8, 4) is 5.75 Å². The Balaban J connectivity index is 1.63. The molecule has 2 aromatic rings. The van der Waals surface area contributed by atoms with Crippen LogP contribution in [0.25, 0.3) is 4.85 Å². The Morgan fingerprint density at radius 3 is 2.40 bits per heavy atom. The van der Waals surface area contributed by atoms with Gasteiger partial charge in [0.25, 0.3) is 5.82 Å². The van der Waals surface area contributed by atoms with Gasteiger partial charge in [-0.3, -0.25) is 0 Å². The molecule has 0 bridgehead atoms. The van der Waals surface area contributed by atoms with Crippen molar-refractivity contribution in [2.45, 2.75) is 25.1 Å². The molecule has 1 aliphatic rings. The molecular formula is C17H15F3N4O. The number of hydrogen-bond donors (Lipinski definition) is 0. The van der Waals surface area contributed by atoms with Crippen LogP contribution in [0.2, 0.25) is 0 Å². The van der Waals surface area contributed by atoms with Crippen molar-refractivity contribution in [2.24, 2.45) is 0 Å². The van der Waals surface area contributed by atoms with Crippen LogP contribution in [0.5, 0.6) is 5.75 Å². The van der Waals surface area contributed by atoms with Crippen LogP contribution in [-0.4, -0.2) is 29.4 Å². The van der Waals surface area contributed by atoms with E-state index >= 15 is 0 Å². The summed E-state index contributed by atoms with van der Waals surface area (Å²) in [6, 6.07) is 8.58. The van der Waals surface area contributed by atoms with E-state index in [2.05, 4.69) is 15.0 Å². The average Bonchev–Trinajstić information content (AvgIpc) is 2.62. The summed E-state index contributed by atoms with van der Waals surface area (Å²) in [6.45, 7) is 8.07. The third-order valence-corrected chi connectivity index (χ3v) is 4.00. The molecule has 0 unspecified atom stereocenters. The van der Waals surface area contributed by atoms with E-state index in [-0.39, 0.29) is 17.7 Å². The van der Waals surface area contributed by atoms with Gasteiger partial charge in [0.15, 0.2) is 5.82 Å². The summed E-state index contributed by atoms with van der Waals surface area (Å²) in [7, 11) is 0. The van der Waals surface area contributed by atoms with E-state index in [1.165, 1.54) is 18.2 Å². The molecule has 0 spiro atoms. The van der Waals surface area contributed by atoms with Crippen molar-refractivity contribution in [1.82, 2.24) is 10.2 Å². The summed E-state index contributed by atoms with van der Waals surface area (Å²) in [5.41, 5.74) is -0.752. The van der Waals surface area contributed by atoms with Gasteiger partial charge in [-0.1, -0.05) is 18.7 Å². The molecule has 2 heterocycles. The maximum atomic E-state index is 13.0. The van der Waals surface area contributed by atoms with E-state index in [1.807, 2.05) is 4.90 Å². The lowest BCUT2D eigenvalue weighted by molar-refractivity contribution is -0.139. The summed E-state index contributed by atoms with van der Waals surface area (Å²) >= 11 is 0. The van der Waals surface area contributed by atoms with Gasteiger partial charge in [0, 0.05) is 25.9 Å². The second-order valence-electron chi connectivity index (χ2n) is 5.66. The molecule has 5 nitrogen and oxygen atoms in total. The molecule has 130 valence electrons. The normalized spacial score (nSPS) is 15.7. The minimum absolute atomic E-state index is 0.130. The fourth-order valence-electron chi connectivity index (χ4n) is 2.73. The van der Waals surface area contributed by atoms with Gasteiger partial charge in [-0.05, 0) is 34.5 Å². The number of halogens is 3. The summed E-state index contributed by atoms with van der Waals surface area (Å²) in [5, 5.41) is 7.80. The number of nitrogens with zero attached hydrogens (tertiary/aromatic N) is 4. The van der Waals surface area contributed by atoms with E-state index in [1.54, 1.807) is 12.1 Å². The van der Waals surface area contributed by atoms with E-state index in [9.17, 15) is 13.2 Å². The quantitative estimate of drug-likeness (QED) is 0.784. The predicted molar refractivity (Wildman–Crippen MR) is 85.6 cm³/mol. The molecule has 0 amide bonds. The summed E-state index contributed by atoms with van der Waals surface area (Å²) < 4.78 is 44.7. The third kappa shape index (κ3) is 3.99. The molecule has 1 saturated heterocycles. The number of piperidine rings is 1. The number of hydrogen-bond acceptors (Lipinski definition) is 4. The summed E-state index contributed by atoms with van der Waals surface area (Å²) in [6.07, 6.45) is -3.55. The van der Waals surface area contributed by atoms with Gasteiger partial charge in [-0.25, -0.2) is 0 Å². The van der Waals surface area contributed by atoms with Crippen LogP contribution in [-0.2, 0) is 6.18 Å². The third-order valence-electron chi connectivity index (χ3n) is 4.00. The highest BCUT2D eigenvalue weighted by molar-refractivity contribution is 5.44. The van der Waals surface area contributed by atoms with Crippen LogP contribution in [0.15, 0.2) is 36.4 Å². The predicted octanol–water partition coefficient (Wildman–Crippen LogP) is 4.09. The summed E-state index contributed by atoms with van der Waals surface area (Å²) in [4.78, 5) is 5.17. The van der Waals surface area contributed by atoms with Crippen LogP contribution < -0.4 is 9.64 Å². The Bertz CT molecular complexity index is 763. The van der Waals surface area contributed by atoms with Gasteiger partial charge >= 0.3 is 6.18 Å².